The minimum absolute atomic E-state index is 0.0198. The largest absolute Gasteiger partial charge is 0.371 e. The lowest BCUT2D eigenvalue weighted by molar-refractivity contribution is -0.130. The average Bonchev–Trinajstić information content (AvgIpc) is 2.31. The molecule has 1 atom stereocenters. The molecular weight excluding hydrogens is 202 g/mol. The third kappa shape index (κ3) is 5.31. The van der Waals surface area contributed by atoms with Gasteiger partial charge in [0.05, 0.1) is 0 Å². The molecule has 1 N–H and O–H groups in total. The smallest absolute Gasteiger partial charge is 0.249 e. The lowest BCUT2D eigenvalue weighted by Gasteiger charge is -2.13. The Bertz CT molecular complexity index is 226. The number of amides is 1. The Morgan fingerprint density at radius 1 is 1.19 bits per heavy atom. The highest BCUT2D eigenvalue weighted by atomic mass is 16.5. The van der Waals surface area contributed by atoms with E-state index < -0.39 is 0 Å². The van der Waals surface area contributed by atoms with Crippen LogP contribution in [0.4, 0.5) is 0 Å². The van der Waals surface area contributed by atoms with Crippen molar-refractivity contribution in [3.05, 3.63) is 12.2 Å². The maximum Gasteiger partial charge on any atom is 0.249 e. The van der Waals surface area contributed by atoms with Gasteiger partial charge in [0.2, 0.25) is 5.91 Å². The van der Waals surface area contributed by atoms with Crippen LogP contribution in [-0.2, 0) is 9.53 Å². The molecule has 0 fully saturated rings. The monoisotopic (exact) mass is 225 g/mol. The molecule has 3 heteroatoms. The summed E-state index contributed by atoms with van der Waals surface area (Å²) in [6, 6.07) is 0. The van der Waals surface area contributed by atoms with E-state index in [1.807, 2.05) is 0 Å². The number of methoxy groups -OCH3 is 1. The van der Waals surface area contributed by atoms with Crippen LogP contribution >= 0.6 is 0 Å². The number of nitrogens with one attached hydrogen (secondary N) is 1. The highest BCUT2D eigenvalue weighted by molar-refractivity contribution is 5.80. The predicted octanol–water partition coefficient (Wildman–Crippen LogP) is 2.42. The number of rotatable bonds is 1. The Morgan fingerprint density at radius 3 is 2.75 bits per heavy atom. The second-order valence-electron chi connectivity index (χ2n) is 4.28. The summed E-state index contributed by atoms with van der Waals surface area (Å²) in [6.45, 7) is 0.780. The van der Waals surface area contributed by atoms with Gasteiger partial charge in [-0.25, -0.2) is 0 Å². The van der Waals surface area contributed by atoms with Crippen molar-refractivity contribution in [2.75, 3.05) is 13.7 Å². The summed E-state index contributed by atoms with van der Waals surface area (Å²) in [7, 11) is 1.59. The summed E-state index contributed by atoms with van der Waals surface area (Å²) in [5.41, 5.74) is 0. The highest BCUT2D eigenvalue weighted by Gasteiger charge is 2.15. The Balaban J connectivity index is 2.43. The molecule has 0 radical (unpaired) electrons. The van der Waals surface area contributed by atoms with Crippen LogP contribution in [0.5, 0.6) is 0 Å². The lowest BCUT2D eigenvalue weighted by atomic mass is 10.1. The molecule has 92 valence electrons. The molecule has 3 nitrogen and oxygen atoms in total. The molecule has 1 aliphatic heterocycles. The molecule has 0 saturated heterocycles. The Morgan fingerprint density at radius 2 is 1.94 bits per heavy atom. The van der Waals surface area contributed by atoms with Crippen LogP contribution in [-0.4, -0.2) is 25.7 Å². The van der Waals surface area contributed by atoms with E-state index in [2.05, 4.69) is 17.5 Å². The molecule has 1 heterocycles. The summed E-state index contributed by atoms with van der Waals surface area (Å²) in [4.78, 5) is 11.7. The van der Waals surface area contributed by atoms with Gasteiger partial charge < -0.3 is 10.1 Å². The molecule has 0 spiro atoms. The van der Waals surface area contributed by atoms with Gasteiger partial charge in [-0.15, -0.1) is 0 Å². The van der Waals surface area contributed by atoms with Crippen molar-refractivity contribution in [2.45, 2.75) is 51.0 Å². The van der Waals surface area contributed by atoms with Gasteiger partial charge in [-0.05, 0) is 19.3 Å². The summed E-state index contributed by atoms with van der Waals surface area (Å²) in [5, 5.41) is 2.92. The van der Waals surface area contributed by atoms with E-state index in [1.165, 1.54) is 25.7 Å². The number of hydrogen-bond acceptors (Lipinski definition) is 2. The zero-order chi connectivity index (χ0) is 11.6. The second-order valence-corrected chi connectivity index (χ2v) is 4.28. The van der Waals surface area contributed by atoms with E-state index >= 15 is 0 Å². The van der Waals surface area contributed by atoms with Crippen molar-refractivity contribution < 1.29 is 9.53 Å². The first-order valence-electron chi connectivity index (χ1n) is 6.30. The molecule has 0 aromatic carbocycles. The SMILES string of the molecule is COC1C/C=C/CCCCCCCNC1=O. The molecule has 1 rings (SSSR count). The van der Waals surface area contributed by atoms with Gasteiger partial charge in [0, 0.05) is 20.1 Å². The number of carbonyl (C=O) groups is 1. The fraction of sp³-hybridized carbons (Fsp3) is 0.769. The maximum atomic E-state index is 11.7. The van der Waals surface area contributed by atoms with E-state index in [4.69, 9.17) is 4.74 Å². The van der Waals surface area contributed by atoms with Crippen molar-refractivity contribution in [1.29, 1.82) is 0 Å². The molecule has 0 bridgehead atoms. The first kappa shape index (κ1) is 13.2. The number of carbonyl (C=O) groups excluding carboxylic acids is 1. The normalized spacial score (nSPS) is 27.1. The van der Waals surface area contributed by atoms with Crippen LogP contribution in [0, 0.1) is 0 Å². The van der Waals surface area contributed by atoms with Crippen LogP contribution in [0.2, 0.25) is 0 Å². The van der Waals surface area contributed by atoms with Gasteiger partial charge in [-0.1, -0.05) is 31.4 Å². The van der Waals surface area contributed by atoms with Gasteiger partial charge in [0.25, 0.3) is 0 Å². The molecular formula is C13H23NO2. The predicted molar refractivity (Wildman–Crippen MR) is 65.3 cm³/mol. The number of allylic oxidation sites excluding steroid dienone is 1. The topological polar surface area (TPSA) is 38.3 Å². The average molecular weight is 225 g/mol. The fourth-order valence-electron chi connectivity index (χ4n) is 1.89. The first-order chi connectivity index (χ1) is 7.84. The maximum absolute atomic E-state index is 11.7. The summed E-state index contributed by atoms with van der Waals surface area (Å²) < 4.78 is 5.18. The van der Waals surface area contributed by atoms with Gasteiger partial charge in [0.1, 0.15) is 6.10 Å². The Kier molecular flexibility index (Phi) is 6.90. The number of hydrogen-bond donors (Lipinski definition) is 1. The van der Waals surface area contributed by atoms with E-state index in [1.54, 1.807) is 7.11 Å². The Labute approximate surface area is 98.2 Å². The third-order valence-corrected chi connectivity index (χ3v) is 2.94. The summed E-state index contributed by atoms with van der Waals surface area (Å²) >= 11 is 0. The van der Waals surface area contributed by atoms with Crippen LogP contribution < -0.4 is 5.32 Å². The zero-order valence-corrected chi connectivity index (χ0v) is 10.2. The van der Waals surface area contributed by atoms with Crippen molar-refractivity contribution in [3.63, 3.8) is 0 Å². The van der Waals surface area contributed by atoms with Crippen molar-refractivity contribution in [2.24, 2.45) is 0 Å². The van der Waals surface area contributed by atoms with Crippen LogP contribution in [0.3, 0.4) is 0 Å². The molecule has 0 aromatic rings. The van der Waals surface area contributed by atoms with Crippen LogP contribution in [0.1, 0.15) is 44.9 Å². The van der Waals surface area contributed by atoms with Gasteiger partial charge in [-0.3, -0.25) is 4.79 Å². The fourth-order valence-corrected chi connectivity index (χ4v) is 1.89. The van der Waals surface area contributed by atoms with Crippen LogP contribution in [0.15, 0.2) is 12.2 Å². The van der Waals surface area contributed by atoms with E-state index in [0.717, 1.165) is 19.4 Å². The molecule has 16 heavy (non-hydrogen) atoms. The second kappa shape index (κ2) is 8.34. The minimum Gasteiger partial charge on any atom is -0.371 e. The number of ether oxygens (including phenoxy) is 1. The van der Waals surface area contributed by atoms with Crippen LogP contribution in [0.25, 0.3) is 0 Å². The standard InChI is InChI=1S/C13H23NO2/c1-16-12-10-8-6-4-2-3-5-7-9-11-14-13(12)15/h6,8,12H,2-5,7,9-11H2,1H3,(H,14,15)/b8-6+. The highest BCUT2D eigenvalue weighted by Crippen LogP contribution is 2.08. The van der Waals surface area contributed by atoms with E-state index in [-0.39, 0.29) is 12.0 Å². The zero-order valence-electron chi connectivity index (χ0n) is 10.2. The quantitative estimate of drug-likeness (QED) is 0.696. The Hall–Kier alpha value is -0.830. The third-order valence-electron chi connectivity index (χ3n) is 2.94. The van der Waals surface area contributed by atoms with Crippen molar-refractivity contribution >= 4 is 5.91 Å². The van der Waals surface area contributed by atoms with Gasteiger partial charge in [0.15, 0.2) is 0 Å². The van der Waals surface area contributed by atoms with Crippen molar-refractivity contribution in [3.8, 4) is 0 Å². The van der Waals surface area contributed by atoms with E-state index in [0.29, 0.717) is 6.42 Å². The molecule has 1 unspecified atom stereocenters. The molecule has 0 aromatic heterocycles. The lowest BCUT2D eigenvalue weighted by Crippen LogP contribution is -2.36. The molecule has 0 saturated carbocycles. The molecule has 1 aliphatic rings. The first-order valence-corrected chi connectivity index (χ1v) is 6.30. The minimum atomic E-state index is -0.322. The van der Waals surface area contributed by atoms with E-state index in [9.17, 15) is 4.79 Å². The van der Waals surface area contributed by atoms with Gasteiger partial charge >= 0.3 is 0 Å². The van der Waals surface area contributed by atoms with Gasteiger partial charge in [-0.2, -0.15) is 0 Å². The molecule has 0 aliphatic carbocycles. The summed E-state index contributed by atoms with van der Waals surface area (Å²) in [5.74, 6) is 0.0198. The summed E-state index contributed by atoms with van der Waals surface area (Å²) in [6.07, 6.45) is 11.8. The van der Waals surface area contributed by atoms with Crippen molar-refractivity contribution in [1.82, 2.24) is 5.32 Å². The molecule has 1 amide bonds.